The van der Waals surface area contributed by atoms with Crippen LogP contribution in [-0.2, 0) is 11.3 Å². The Morgan fingerprint density at radius 2 is 2.11 bits per heavy atom. The van der Waals surface area contributed by atoms with Gasteiger partial charge in [0.05, 0.1) is 11.6 Å². The molecule has 0 amide bonds. The maximum absolute atomic E-state index is 13.7. The van der Waals surface area contributed by atoms with Crippen molar-refractivity contribution in [2.45, 2.75) is 33.4 Å². The van der Waals surface area contributed by atoms with Gasteiger partial charge in [0, 0.05) is 24.8 Å². The van der Waals surface area contributed by atoms with Gasteiger partial charge in [-0.05, 0) is 18.9 Å². The van der Waals surface area contributed by atoms with Gasteiger partial charge in [-0.3, -0.25) is 0 Å². The van der Waals surface area contributed by atoms with Gasteiger partial charge in [0.2, 0.25) is 0 Å². The van der Waals surface area contributed by atoms with Crippen molar-refractivity contribution in [3.05, 3.63) is 34.6 Å². The highest BCUT2D eigenvalue weighted by Gasteiger charge is 2.14. The van der Waals surface area contributed by atoms with E-state index in [4.69, 9.17) is 16.3 Å². The van der Waals surface area contributed by atoms with E-state index in [2.05, 4.69) is 19.2 Å². The summed E-state index contributed by atoms with van der Waals surface area (Å²) in [4.78, 5) is 0. The van der Waals surface area contributed by atoms with Crippen LogP contribution in [0.15, 0.2) is 18.2 Å². The van der Waals surface area contributed by atoms with Crippen molar-refractivity contribution in [3.8, 4) is 0 Å². The topological polar surface area (TPSA) is 21.3 Å². The van der Waals surface area contributed by atoms with Gasteiger partial charge >= 0.3 is 0 Å². The molecule has 4 heteroatoms. The van der Waals surface area contributed by atoms with Gasteiger partial charge in [-0.1, -0.05) is 37.6 Å². The molecule has 2 nitrogen and oxygen atoms in total. The van der Waals surface area contributed by atoms with Gasteiger partial charge in [0.25, 0.3) is 0 Å². The molecule has 1 aromatic rings. The summed E-state index contributed by atoms with van der Waals surface area (Å²) in [5.74, 6) is 0.0874. The first-order valence-corrected chi connectivity index (χ1v) is 6.68. The van der Waals surface area contributed by atoms with E-state index in [1.165, 1.54) is 0 Å². The molecule has 0 aliphatic heterocycles. The van der Waals surface area contributed by atoms with Crippen LogP contribution < -0.4 is 5.32 Å². The molecule has 1 rings (SSSR count). The van der Waals surface area contributed by atoms with Crippen LogP contribution >= 0.6 is 11.6 Å². The fourth-order valence-electron chi connectivity index (χ4n) is 1.66. The summed E-state index contributed by atoms with van der Waals surface area (Å²) in [6.45, 7) is 7.99. The summed E-state index contributed by atoms with van der Waals surface area (Å²) in [5, 5.41) is 3.48. The van der Waals surface area contributed by atoms with E-state index in [1.54, 1.807) is 18.2 Å². The van der Waals surface area contributed by atoms with E-state index in [-0.39, 0.29) is 16.9 Å². The largest absolute Gasteiger partial charge is 0.380 e. The molecule has 0 aromatic heterocycles. The van der Waals surface area contributed by atoms with Crippen molar-refractivity contribution in [1.29, 1.82) is 0 Å². The van der Waals surface area contributed by atoms with Crippen LogP contribution in [0.2, 0.25) is 5.02 Å². The Morgan fingerprint density at radius 3 is 2.72 bits per heavy atom. The Hall–Kier alpha value is -0.640. The minimum Gasteiger partial charge on any atom is -0.380 e. The third-order valence-corrected chi connectivity index (χ3v) is 3.18. The van der Waals surface area contributed by atoms with Crippen LogP contribution in [0.3, 0.4) is 0 Å². The zero-order valence-electron chi connectivity index (χ0n) is 11.2. The molecule has 1 N–H and O–H groups in total. The normalized spacial score (nSPS) is 13.0. The molecule has 0 saturated heterocycles. The van der Waals surface area contributed by atoms with Crippen LogP contribution in [0.4, 0.5) is 4.39 Å². The number of hydrogen-bond donors (Lipinski definition) is 1. The lowest BCUT2D eigenvalue weighted by molar-refractivity contribution is 0.107. The average molecular weight is 274 g/mol. The lowest BCUT2D eigenvalue weighted by Crippen LogP contribution is -2.37. The SMILES string of the molecule is CCOCC(NCc1cccc(Cl)c1F)C(C)C. The van der Waals surface area contributed by atoms with E-state index >= 15 is 0 Å². The van der Waals surface area contributed by atoms with Crippen molar-refractivity contribution < 1.29 is 9.13 Å². The summed E-state index contributed by atoms with van der Waals surface area (Å²) in [6, 6.07) is 5.27. The molecule has 0 bridgehead atoms. The fraction of sp³-hybridized carbons (Fsp3) is 0.571. The van der Waals surface area contributed by atoms with Crippen molar-refractivity contribution in [2.75, 3.05) is 13.2 Å². The fourth-order valence-corrected chi connectivity index (χ4v) is 1.85. The molecule has 1 aromatic carbocycles. The standard InChI is InChI=1S/C14H21ClFNO/c1-4-18-9-13(10(2)3)17-8-11-6-5-7-12(15)14(11)16/h5-7,10,13,17H,4,8-9H2,1-3H3. The van der Waals surface area contributed by atoms with Crippen LogP contribution in [-0.4, -0.2) is 19.3 Å². The number of halogens is 2. The summed E-state index contributed by atoms with van der Waals surface area (Å²) in [5.41, 5.74) is 0.588. The second-order valence-corrected chi connectivity index (χ2v) is 5.01. The predicted octanol–water partition coefficient (Wildman–Crippen LogP) is 3.63. The summed E-state index contributed by atoms with van der Waals surface area (Å²) in [6.07, 6.45) is 0. The minimum absolute atomic E-state index is 0.167. The molecular formula is C14H21ClFNO. The Morgan fingerprint density at radius 1 is 1.39 bits per heavy atom. The van der Waals surface area contributed by atoms with Crippen molar-refractivity contribution in [3.63, 3.8) is 0 Å². The van der Waals surface area contributed by atoms with Gasteiger partial charge in [-0.15, -0.1) is 0 Å². The highest BCUT2D eigenvalue weighted by atomic mass is 35.5. The molecule has 0 heterocycles. The maximum Gasteiger partial charge on any atom is 0.146 e. The second kappa shape index (κ2) is 7.72. The molecule has 0 radical (unpaired) electrons. The molecule has 0 saturated carbocycles. The summed E-state index contributed by atoms with van der Waals surface area (Å²) < 4.78 is 19.1. The zero-order chi connectivity index (χ0) is 13.5. The van der Waals surface area contributed by atoms with Gasteiger partial charge in [0.15, 0.2) is 0 Å². The minimum atomic E-state index is -0.342. The number of rotatable bonds is 7. The molecule has 0 spiro atoms. The molecule has 0 fully saturated rings. The highest BCUT2D eigenvalue weighted by Crippen LogP contribution is 2.18. The van der Waals surface area contributed by atoms with E-state index in [0.29, 0.717) is 31.2 Å². The third kappa shape index (κ3) is 4.56. The number of nitrogens with one attached hydrogen (secondary N) is 1. The Kier molecular flexibility index (Phi) is 6.61. The molecule has 18 heavy (non-hydrogen) atoms. The van der Waals surface area contributed by atoms with E-state index < -0.39 is 0 Å². The monoisotopic (exact) mass is 273 g/mol. The van der Waals surface area contributed by atoms with Crippen LogP contribution in [0.5, 0.6) is 0 Å². The molecule has 0 aliphatic rings. The van der Waals surface area contributed by atoms with Crippen LogP contribution in [0.1, 0.15) is 26.3 Å². The number of benzene rings is 1. The molecule has 1 atom stereocenters. The second-order valence-electron chi connectivity index (χ2n) is 4.60. The molecule has 1 unspecified atom stereocenters. The maximum atomic E-state index is 13.7. The summed E-state index contributed by atoms with van der Waals surface area (Å²) >= 11 is 5.75. The lowest BCUT2D eigenvalue weighted by Gasteiger charge is -2.22. The van der Waals surface area contributed by atoms with Crippen molar-refractivity contribution in [2.24, 2.45) is 5.92 Å². The summed E-state index contributed by atoms with van der Waals surface area (Å²) in [7, 11) is 0. The van der Waals surface area contributed by atoms with Gasteiger partial charge in [-0.2, -0.15) is 0 Å². The van der Waals surface area contributed by atoms with Gasteiger partial charge in [-0.25, -0.2) is 4.39 Å². The van der Waals surface area contributed by atoms with E-state index in [1.807, 2.05) is 6.92 Å². The Bertz CT molecular complexity index is 371. The van der Waals surface area contributed by atoms with Crippen LogP contribution in [0, 0.1) is 11.7 Å². The Balaban J connectivity index is 2.58. The van der Waals surface area contributed by atoms with E-state index in [0.717, 1.165) is 0 Å². The average Bonchev–Trinajstić information content (AvgIpc) is 2.33. The van der Waals surface area contributed by atoms with E-state index in [9.17, 15) is 4.39 Å². The number of ether oxygens (including phenoxy) is 1. The molecule has 102 valence electrons. The zero-order valence-corrected chi connectivity index (χ0v) is 11.9. The molecule has 0 aliphatic carbocycles. The first-order chi connectivity index (χ1) is 8.56. The van der Waals surface area contributed by atoms with Crippen molar-refractivity contribution in [1.82, 2.24) is 5.32 Å². The first kappa shape index (κ1) is 15.4. The smallest absolute Gasteiger partial charge is 0.146 e. The third-order valence-electron chi connectivity index (χ3n) is 2.89. The lowest BCUT2D eigenvalue weighted by atomic mass is 10.0. The van der Waals surface area contributed by atoms with Crippen LogP contribution in [0.25, 0.3) is 0 Å². The molecular weight excluding hydrogens is 253 g/mol. The van der Waals surface area contributed by atoms with Crippen molar-refractivity contribution >= 4 is 11.6 Å². The van der Waals surface area contributed by atoms with Gasteiger partial charge in [0.1, 0.15) is 5.82 Å². The Labute approximate surface area is 113 Å². The predicted molar refractivity (Wildman–Crippen MR) is 73.4 cm³/mol. The number of hydrogen-bond acceptors (Lipinski definition) is 2. The first-order valence-electron chi connectivity index (χ1n) is 6.30. The van der Waals surface area contributed by atoms with Gasteiger partial charge < -0.3 is 10.1 Å². The quantitative estimate of drug-likeness (QED) is 0.819. The highest BCUT2D eigenvalue weighted by molar-refractivity contribution is 6.30.